The average Bonchev–Trinajstić information content (AvgIpc) is 3.11. The smallest absolute Gasteiger partial charge is 0.224 e. The Balaban J connectivity index is 1.52. The highest BCUT2D eigenvalue weighted by atomic mass is 79.9. The van der Waals surface area contributed by atoms with E-state index >= 15 is 0 Å². The van der Waals surface area contributed by atoms with E-state index in [1.165, 1.54) is 0 Å². The Morgan fingerprint density at radius 2 is 2.04 bits per heavy atom. The van der Waals surface area contributed by atoms with E-state index in [0.717, 1.165) is 41.1 Å². The normalized spacial score (nSPS) is 21.1. The van der Waals surface area contributed by atoms with Gasteiger partial charge in [0.2, 0.25) is 5.88 Å². The van der Waals surface area contributed by atoms with Crippen molar-refractivity contribution in [1.29, 1.82) is 0 Å². The molecular formula is C17H16BrClN4O. The lowest BCUT2D eigenvalue weighted by Gasteiger charge is -2.29. The molecule has 1 aliphatic carbocycles. The van der Waals surface area contributed by atoms with Crippen LogP contribution in [0.1, 0.15) is 31.7 Å². The lowest BCUT2D eigenvalue weighted by atomic mass is 9.93. The summed E-state index contributed by atoms with van der Waals surface area (Å²) in [7, 11) is 0. The third-order valence-corrected chi connectivity index (χ3v) is 5.08. The minimum atomic E-state index is 0.151. The first-order valence-corrected chi connectivity index (χ1v) is 9.12. The molecular weight excluding hydrogens is 392 g/mol. The van der Waals surface area contributed by atoms with E-state index in [2.05, 4.69) is 35.4 Å². The van der Waals surface area contributed by atoms with Crippen LogP contribution in [0.5, 0.6) is 5.88 Å². The Morgan fingerprint density at radius 3 is 2.79 bits per heavy atom. The number of rotatable bonds is 3. The van der Waals surface area contributed by atoms with E-state index in [1.54, 1.807) is 12.3 Å². The van der Waals surface area contributed by atoms with E-state index in [9.17, 15) is 0 Å². The molecule has 3 heterocycles. The molecule has 5 nitrogen and oxygen atoms in total. The quantitative estimate of drug-likeness (QED) is 0.585. The summed E-state index contributed by atoms with van der Waals surface area (Å²) in [5.41, 5.74) is 0.792. The van der Waals surface area contributed by atoms with Gasteiger partial charge in [-0.1, -0.05) is 11.6 Å². The van der Waals surface area contributed by atoms with Crippen molar-refractivity contribution < 1.29 is 4.74 Å². The van der Waals surface area contributed by atoms with Gasteiger partial charge >= 0.3 is 0 Å². The van der Waals surface area contributed by atoms with Crippen molar-refractivity contribution in [2.75, 3.05) is 0 Å². The first-order valence-electron chi connectivity index (χ1n) is 7.95. The van der Waals surface area contributed by atoms with Gasteiger partial charge in [0.15, 0.2) is 0 Å². The first kappa shape index (κ1) is 15.8. The molecule has 0 radical (unpaired) electrons. The summed E-state index contributed by atoms with van der Waals surface area (Å²) in [4.78, 5) is 12.9. The molecule has 1 fully saturated rings. The van der Waals surface area contributed by atoms with E-state index < -0.39 is 0 Å². The number of aromatic nitrogens is 4. The Bertz CT molecular complexity index is 847. The molecule has 0 bridgehead atoms. The van der Waals surface area contributed by atoms with Crippen LogP contribution in [0.2, 0.25) is 5.15 Å². The largest absolute Gasteiger partial charge is 0.474 e. The molecule has 4 rings (SSSR count). The molecule has 0 N–H and O–H groups in total. The molecule has 0 aromatic carbocycles. The maximum atomic E-state index is 6.19. The SMILES string of the molecule is Clc1cc2ncc(Br)cc2c(OC2CCC(n3ccnc3)CC2)n1. The van der Waals surface area contributed by atoms with Gasteiger partial charge in [0.1, 0.15) is 11.3 Å². The summed E-state index contributed by atoms with van der Waals surface area (Å²) in [6, 6.07) is 4.23. The predicted octanol–water partition coefficient (Wildman–Crippen LogP) is 4.80. The molecule has 0 aliphatic heterocycles. The van der Waals surface area contributed by atoms with Crippen LogP contribution < -0.4 is 4.74 Å². The Kier molecular flexibility index (Phi) is 4.41. The second-order valence-corrected chi connectivity index (χ2v) is 7.33. The monoisotopic (exact) mass is 406 g/mol. The predicted molar refractivity (Wildman–Crippen MR) is 96.4 cm³/mol. The fourth-order valence-electron chi connectivity index (χ4n) is 3.23. The number of pyridine rings is 2. The van der Waals surface area contributed by atoms with Gasteiger partial charge in [-0.05, 0) is 47.7 Å². The summed E-state index contributed by atoms with van der Waals surface area (Å²) >= 11 is 9.57. The van der Waals surface area contributed by atoms with Crippen LogP contribution in [-0.2, 0) is 0 Å². The third kappa shape index (κ3) is 3.26. The van der Waals surface area contributed by atoms with Gasteiger partial charge in [-0.15, -0.1) is 0 Å². The second kappa shape index (κ2) is 6.69. The summed E-state index contributed by atoms with van der Waals surface area (Å²) in [5.74, 6) is 0.567. The van der Waals surface area contributed by atoms with Crippen molar-refractivity contribution in [1.82, 2.24) is 19.5 Å². The number of hydrogen-bond donors (Lipinski definition) is 0. The molecule has 1 saturated carbocycles. The van der Waals surface area contributed by atoms with Gasteiger partial charge < -0.3 is 9.30 Å². The highest BCUT2D eigenvalue weighted by molar-refractivity contribution is 9.10. The zero-order valence-corrected chi connectivity index (χ0v) is 15.2. The van der Waals surface area contributed by atoms with E-state index in [0.29, 0.717) is 17.1 Å². The Morgan fingerprint density at radius 1 is 1.21 bits per heavy atom. The molecule has 7 heteroatoms. The number of fused-ring (bicyclic) bond motifs is 1. The summed E-state index contributed by atoms with van der Waals surface area (Å²) < 4.78 is 9.27. The molecule has 0 saturated heterocycles. The Hall–Kier alpha value is -1.66. The van der Waals surface area contributed by atoms with Crippen LogP contribution >= 0.6 is 27.5 Å². The number of halogens is 2. The molecule has 0 spiro atoms. The van der Waals surface area contributed by atoms with Gasteiger partial charge in [0, 0.05) is 35.2 Å². The summed E-state index contributed by atoms with van der Waals surface area (Å²) in [5, 5.41) is 1.28. The molecule has 3 aromatic rings. The fourth-order valence-corrected chi connectivity index (χ4v) is 3.74. The van der Waals surface area contributed by atoms with Crippen molar-refractivity contribution >= 4 is 38.4 Å². The molecule has 24 heavy (non-hydrogen) atoms. The number of hydrogen-bond acceptors (Lipinski definition) is 4. The molecule has 0 amide bonds. The first-order chi connectivity index (χ1) is 11.7. The van der Waals surface area contributed by atoms with Gasteiger partial charge in [-0.3, -0.25) is 4.98 Å². The van der Waals surface area contributed by atoms with Crippen LogP contribution in [0.25, 0.3) is 10.9 Å². The summed E-state index contributed by atoms with van der Waals surface area (Å²) in [6.07, 6.45) is 11.8. The lowest BCUT2D eigenvalue weighted by molar-refractivity contribution is 0.129. The van der Waals surface area contributed by atoms with E-state index in [1.807, 2.05) is 24.8 Å². The summed E-state index contributed by atoms with van der Waals surface area (Å²) in [6.45, 7) is 0. The fraction of sp³-hybridized carbons (Fsp3) is 0.353. The molecule has 0 atom stereocenters. The highest BCUT2D eigenvalue weighted by Crippen LogP contribution is 2.33. The lowest BCUT2D eigenvalue weighted by Crippen LogP contribution is -2.25. The van der Waals surface area contributed by atoms with Gasteiger partial charge in [0.05, 0.1) is 17.2 Å². The van der Waals surface area contributed by atoms with E-state index in [-0.39, 0.29) is 6.10 Å². The topological polar surface area (TPSA) is 52.8 Å². The van der Waals surface area contributed by atoms with Crippen molar-refractivity contribution in [2.45, 2.75) is 37.8 Å². The number of ether oxygens (including phenoxy) is 1. The highest BCUT2D eigenvalue weighted by Gasteiger charge is 2.24. The maximum absolute atomic E-state index is 6.19. The van der Waals surface area contributed by atoms with Crippen LogP contribution in [0.4, 0.5) is 0 Å². The van der Waals surface area contributed by atoms with Crippen molar-refractivity contribution in [3.63, 3.8) is 0 Å². The van der Waals surface area contributed by atoms with Crippen LogP contribution in [0.3, 0.4) is 0 Å². The Labute approximate surface area is 153 Å². The van der Waals surface area contributed by atoms with E-state index in [4.69, 9.17) is 16.3 Å². The third-order valence-electron chi connectivity index (χ3n) is 4.45. The van der Waals surface area contributed by atoms with Crippen LogP contribution in [0, 0.1) is 0 Å². The second-order valence-electron chi connectivity index (χ2n) is 6.03. The minimum Gasteiger partial charge on any atom is -0.474 e. The van der Waals surface area contributed by atoms with Crippen LogP contribution in [0.15, 0.2) is 41.5 Å². The zero-order valence-electron chi connectivity index (χ0n) is 12.9. The minimum absolute atomic E-state index is 0.151. The molecule has 3 aromatic heterocycles. The maximum Gasteiger partial charge on any atom is 0.224 e. The molecule has 1 aliphatic rings. The molecule has 0 unspecified atom stereocenters. The van der Waals surface area contributed by atoms with Crippen molar-refractivity contribution in [2.24, 2.45) is 0 Å². The van der Waals surface area contributed by atoms with Crippen molar-refractivity contribution in [3.05, 3.63) is 46.7 Å². The van der Waals surface area contributed by atoms with Gasteiger partial charge in [0.25, 0.3) is 0 Å². The molecule has 124 valence electrons. The van der Waals surface area contributed by atoms with Crippen LogP contribution in [-0.4, -0.2) is 25.6 Å². The van der Waals surface area contributed by atoms with Gasteiger partial charge in [-0.2, -0.15) is 0 Å². The van der Waals surface area contributed by atoms with Gasteiger partial charge in [-0.25, -0.2) is 9.97 Å². The number of nitrogens with zero attached hydrogens (tertiary/aromatic N) is 4. The standard InChI is InChI=1S/C17H16BrClN4O/c18-11-7-14-15(21-9-11)8-16(19)22-17(14)24-13-3-1-12(2-4-13)23-6-5-20-10-23/h5-10,12-13H,1-4H2. The zero-order chi connectivity index (χ0) is 16.5. The van der Waals surface area contributed by atoms with Crippen molar-refractivity contribution in [3.8, 4) is 5.88 Å². The number of imidazole rings is 1. The average molecular weight is 408 g/mol.